The Bertz CT molecular complexity index is 481. The van der Waals surface area contributed by atoms with Gasteiger partial charge in [0.1, 0.15) is 0 Å². The molecule has 0 spiro atoms. The van der Waals surface area contributed by atoms with Crippen molar-refractivity contribution in [2.24, 2.45) is 0 Å². The van der Waals surface area contributed by atoms with Crippen LogP contribution in [0.15, 0.2) is 23.1 Å². The Balaban J connectivity index is 1.94. The molecule has 1 unspecified atom stereocenters. The van der Waals surface area contributed by atoms with Crippen molar-refractivity contribution in [2.75, 3.05) is 18.0 Å². The van der Waals surface area contributed by atoms with Crippen LogP contribution in [0, 0.1) is 0 Å². The van der Waals surface area contributed by atoms with Gasteiger partial charge in [-0.15, -0.1) is 11.8 Å². The van der Waals surface area contributed by atoms with Gasteiger partial charge < -0.3 is 10.6 Å². The van der Waals surface area contributed by atoms with Crippen LogP contribution < -0.4 is 5.73 Å². The summed E-state index contributed by atoms with van der Waals surface area (Å²) in [4.78, 5) is 15.3. The van der Waals surface area contributed by atoms with E-state index in [2.05, 4.69) is 6.92 Å². The minimum absolute atomic E-state index is 0.218. The SMILES string of the molecule is CCC1CCCCN1C(=O)CSc1ccc(Cl)cc1N. The molecule has 1 amide bonds. The Morgan fingerprint density at radius 2 is 2.30 bits per heavy atom. The van der Waals surface area contributed by atoms with Crippen LogP contribution in [0.3, 0.4) is 0 Å². The molecule has 0 radical (unpaired) electrons. The van der Waals surface area contributed by atoms with E-state index >= 15 is 0 Å². The number of anilines is 1. The number of likely N-dealkylation sites (tertiary alicyclic amines) is 1. The zero-order valence-electron chi connectivity index (χ0n) is 11.8. The summed E-state index contributed by atoms with van der Waals surface area (Å²) in [6, 6.07) is 5.83. The van der Waals surface area contributed by atoms with Crippen LogP contribution in [0.2, 0.25) is 5.02 Å². The van der Waals surface area contributed by atoms with Gasteiger partial charge in [0.05, 0.1) is 5.75 Å². The lowest BCUT2D eigenvalue weighted by molar-refractivity contribution is -0.132. The highest BCUT2D eigenvalue weighted by Crippen LogP contribution is 2.29. The second kappa shape index (κ2) is 7.23. The van der Waals surface area contributed by atoms with E-state index in [1.165, 1.54) is 18.2 Å². The third kappa shape index (κ3) is 3.83. The first-order valence-corrected chi connectivity index (χ1v) is 8.45. The molecule has 1 heterocycles. The fourth-order valence-electron chi connectivity index (χ4n) is 2.63. The van der Waals surface area contributed by atoms with Gasteiger partial charge in [-0.1, -0.05) is 18.5 Å². The van der Waals surface area contributed by atoms with Gasteiger partial charge in [0.15, 0.2) is 0 Å². The molecule has 2 rings (SSSR count). The Morgan fingerprint density at radius 3 is 3.00 bits per heavy atom. The van der Waals surface area contributed by atoms with Crippen LogP contribution in [-0.2, 0) is 4.79 Å². The van der Waals surface area contributed by atoms with E-state index in [9.17, 15) is 4.79 Å². The summed E-state index contributed by atoms with van der Waals surface area (Å²) >= 11 is 7.37. The van der Waals surface area contributed by atoms with E-state index in [-0.39, 0.29) is 5.91 Å². The maximum Gasteiger partial charge on any atom is 0.233 e. The van der Waals surface area contributed by atoms with Crippen LogP contribution in [-0.4, -0.2) is 29.1 Å². The smallest absolute Gasteiger partial charge is 0.233 e. The van der Waals surface area contributed by atoms with Gasteiger partial charge in [0.25, 0.3) is 0 Å². The van der Waals surface area contributed by atoms with E-state index < -0.39 is 0 Å². The quantitative estimate of drug-likeness (QED) is 0.679. The third-order valence-corrected chi connectivity index (χ3v) is 5.05. The fraction of sp³-hybridized carbons (Fsp3) is 0.533. The molecule has 0 aliphatic carbocycles. The molecule has 0 aromatic heterocycles. The van der Waals surface area contributed by atoms with Crippen LogP contribution in [0.4, 0.5) is 5.69 Å². The third-order valence-electron chi connectivity index (χ3n) is 3.74. The minimum atomic E-state index is 0.218. The number of carbonyl (C=O) groups excluding carboxylic acids is 1. The largest absolute Gasteiger partial charge is 0.398 e. The predicted molar refractivity (Wildman–Crippen MR) is 86.2 cm³/mol. The van der Waals surface area contributed by atoms with E-state index in [1.54, 1.807) is 12.1 Å². The second-order valence-electron chi connectivity index (χ2n) is 5.12. The highest BCUT2D eigenvalue weighted by Gasteiger charge is 2.25. The molecule has 1 aromatic rings. The number of halogens is 1. The topological polar surface area (TPSA) is 46.3 Å². The normalized spacial score (nSPS) is 19.1. The number of amides is 1. The van der Waals surface area contributed by atoms with Gasteiger partial charge in [-0.05, 0) is 43.9 Å². The number of nitrogen functional groups attached to an aromatic ring is 1. The molecule has 1 saturated heterocycles. The van der Waals surface area contributed by atoms with Gasteiger partial charge in [0, 0.05) is 28.2 Å². The second-order valence-corrected chi connectivity index (χ2v) is 6.57. The molecule has 1 atom stereocenters. The highest BCUT2D eigenvalue weighted by atomic mass is 35.5. The van der Waals surface area contributed by atoms with Crippen molar-refractivity contribution >= 4 is 35.0 Å². The molecule has 0 saturated carbocycles. The van der Waals surface area contributed by atoms with E-state index in [0.717, 1.165) is 30.7 Å². The molecule has 0 bridgehead atoms. The summed E-state index contributed by atoms with van der Waals surface area (Å²) in [5, 5.41) is 0.625. The van der Waals surface area contributed by atoms with E-state index in [0.29, 0.717) is 22.5 Å². The average molecular weight is 313 g/mol. The van der Waals surface area contributed by atoms with Gasteiger partial charge in [-0.3, -0.25) is 4.79 Å². The van der Waals surface area contributed by atoms with Crippen molar-refractivity contribution in [1.82, 2.24) is 4.90 Å². The summed E-state index contributed by atoms with van der Waals surface area (Å²) in [6.45, 7) is 3.05. The molecule has 110 valence electrons. The molecule has 20 heavy (non-hydrogen) atoms. The minimum Gasteiger partial charge on any atom is -0.398 e. The van der Waals surface area contributed by atoms with Crippen molar-refractivity contribution in [1.29, 1.82) is 0 Å². The molecule has 2 N–H and O–H groups in total. The number of benzene rings is 1. The van der Waals surface area contributed by atoms with Crippen molar-refractivity contribution in [3.05, 3.63) is 23.2 Å². The number of nitrogens with two attached hydrogens (primary N) is 1. The first kappa shape index (κ1) is 15.5. The summed E-state index contributed by atoms with van der Waals surface area (Å²) in [5.74, 6) is 0.665. The monoisotopic (exact) mass is 312 g/mol. The number of piperidine rings is 1. The first-order chi connectivity index (χ1) is 9.61. The number of rotatable bonds is 4. The van der Waals surface area contributed by atoms with Crippen molar-refractivity contribution in [3.63, 3.8) is 0 Å². The average Bonchev–Trinajstić information content (AvgIpc) is 2.46. The van der Waals surface area contributed by atoms with Crippen molar-refractivity contribution in [3.8, 4) is 0 Å². The lowest BCUT2D eigenvalue weighted by Gasteiger charge is -2.35. The predicted octanol–water partition coefficient (Wildman–Crippen LogP) is 3.81. The maximum atomic E-state index is 12.4. The Morgan fingerprint density at radius 1 is 1.50 bits per heavy atom. The van der Waals surface area contributed by atoms with Gasteiger partial charge >= 0.3 is 0 Å². The summed E-state index contributed by atoms with van der Waals surface area (Å²) in [5.41, 5.74) is 6.55. The van der Waals surface area contributed by atoms with Crippen molar-refractivity contribution < 1.29 is 4.79 Å². The number of thioether (sulfide) groups is 1. The molecule has 1 aliphatic rings. The molecule has 1 fully saturated rings. The number of hydrogen-bond donors (Lipinski definition) is 1. The van der Waals surface area contributed by atoms with Crippen LogP contribution in [0.1, 0.15) is 32.6 Å². The highest BCUT2D eigenvalue weighted by molar-refractivity contribution is 8.00. The molecule has 1 aliphatic heterocycles. The van der Waals surface area contributed by atoms with Crippen LogP contribution in [0.5, 0.6) is 0 Å². The summed E-state index contributed by atoms with van der Waals surface area (Å²) in [6.07, 6.45) is 4.53. The first-order valence-electron chi connectivity index (χ1n) is 7.09. The van der Waals surface area contributed by atoms with E-state index in [1.807, 2.05) is 11.0 Å². The van der Waals surface area contributed by atoms with Gasteiger partial charge in [0.2, 0.25) is 5.91 Å². The maximum absolute atomic E-state index is 12.4. The fourth-order valence-corrected chi connectivity index (χ4v) is 3.64. The molecule has 5 heteroatoms. The number of hydrogen-bond acceptors (Lipinski definition) is 3. The summed E-state index contributed by atoms with van der Waals surface area (Å²) < 4.78 is 0. The zero-order valence-corrected chi connectivity index (χ0v) is 13.3. The molecule has 3 nitrogen and oxygen atoms in total. The molecular formula is C15H21ClN2OS. The molecular weight excluding hydrogens is 292 g/mol. The number of nitrogens with zero attached hydrogens (tertiary/aromatic N) is 1. The Labute approximate surface area is 129 Å². The molecule has 1 aromatic carbocycles. The van der Waals surface area contributed by atoms with Crippen molar-refractivity contribution in [2.45, 2.75) is 43.5 Å². The summed E-state index contributed by atoms with van der Waals surface area (Å²) in [7, 11) is 0. The van der Waals surface area contributed by atoms with Gasteiger partial charge in [-0.2, -0.15) is 0 Å². The number of carbonyl (C=O) groups is 1. The van der Waals surface area contributed by atoms with Gasteiger partial charge in [-0.25, -0.2) is 0 Å². The lowest BCUT2D eigenvalue weighted by Crippen LogP contribution is -2.44. The van der Waals surface area contributed by atoms with Crippen LogP contribution in [0.25, 0.3) is 0 Å². The lowest BCUT2D eigenvalue weighted by atomic mass is 10.0. The van der Waals surface area contributed by atoms with E-state index in [4.69, 9.17) is 17.3 Å². The Kier molecular flexibility index (Phi) is 5.61. The standard InChI is InChI=1S/C15H21ClN2OS/c1-2-12-5-3-4-8-18(12)15(19)10-20-14-7-6-11(16)9-13(14)17/h6-7,9,12H,2-5,8,10,17H2,1H3. The Hall–Kier alpha value is -0.870. The zero-order chi connectivity index (χ0) is 14.5. The van der Waals surface area contributed by atoms with Crippen LogP contribution >= 0.6 is 23.4 Å².